The van der Waals surface area contributed by atoms with Gasteiger partial charge >= 0.3 is 0 Å². The lowest BCUT2D eigenvalue weighted by molar-refractivity contribution is -0.116. The van der Waals surface area contributed by atoms with E-state index in [0.29, 0.717) is 24.0 Å². The van der Waals surface area contributed by atoms with Crippen LogP contribution in [0.1, 0.15) is 35.9 Å². The summed E-state index contributed by atoms with van der Waals surface area (Å²) in [5.74, 6) is -1.09. The number of benzene rings is 3. The summed E-state index contributed by atoms with van der Waals surface area (Å²) in [6, 6.07) is 18.6. The number of ether oxygens (including phenoxy) is 1. The Labute approximate surface area is 184 Å². The molecule has 3 aromatic carbocycles. The number of fused-ring (bicyclic) bond motifs is 1. The molecule has 0 aromatic heterocycles. The van der Waals surface area contributed by atoms with Crippen LogP contribution in [0.15, 0.2) is 78.0 Å². The minimum Gasteiger partial charge on any atom is -0.497 e. The maximum Gasteiger partial charge on any atom is 0.163 e. The standard InChI is InChI=1S/C26H22F2N2O2/c1-32-18-9-6-15(7-10-18)17-13-23-25(24(31)14-17)26(16-8-11-19(27)20(28)12-16)30-22-5-3-2-4-21(22)29-23/h2-12,17,26,29-30H,13-14H2,1H3/t17-,26+/m0/s1. The number of nitrogens with one attached hydrogen (secondary N) is 2. The van der Waals surface area contributed by atoms with Gasteiger partial charge in [0.2, 0.25) is 0 Å². The highest BCUT2D eigenvalue weighted by Crippen LogP contribution is 2.44. The average molecular weight is 432 g/mol. The molecule has 6 heteroatoms. The van der Waals surface area contributed by atoms with E-state index in [1.807, 2.05) is 48.5 Å². The fourth-order valence-electron chi connectivity index (χ4n) is 4.55. The van der Waals surface area contributed by atoms with E-state index in [0.717, 1.165) is 40.5 Å². The van der Waals surface area contributed by atoms with Gasteiger partial charge in [-0.25, -0.2) is 8.78 Å². The largest absolute Gasteiger partial charge is 0.497 e. The topological polar surface area (TPSA) is 50.4 Å². The molecular formula is C26H22F2N2O2. The molecule has 0 bridgehead atoms. The third-order valence-electron chi connectivity index (χ3n) is 6.17. The summed E-state index contributed by atoms with van der Waals surface area (Å²) in [6.07, 6.45) is 0.967. The molecule has 1 heterocycles. The number of hydrogen-bond acceptors (Lipinski definition) is 4. The summed E-state index contributed by atoms with van der Waals surface area (Å²) in [7, 11) is 1.62. The van der Waals surface area contributed by atoms with Gasteiger partial charge in [0.15, 0.2) is 17.4 Å². The number of halogens is 2. The van der Waals surface area contributed by atoms with Gasteiger partial charge in [-0.15, -0.1) is 0 Å². The number of methoxy groups -OCH3 is 1. The van der Waals surface area contributed by atoms with Crippen LogP contribution in [-0.4, -0.2) is 12.9 Å². The Morgan fingerprint density at radius 2 is 1.59 bits per heavy atom. The number of carbonyl (C=O) groups excluding carboxylic acids is 1. The van der Waals surface area contributed by atoms with Crippen LogP contribution in [0.2, 0.25) is 0 Å². The lowest BCUT2D eigenvalue weighted by Crippen LogP contribution is -2.27. The number of hydrogen-bond donors (Lipinski definition) is 2. The number of Topliss-reactive ketones (excluding diaryl/α,β-unsaturated/α-hetero) is 1. The van der Waals surface area contributed by atoms with Gasteiger partial charge in [-0.1, -0.05) is 30.3 Å². The molecule has 4 nitrogen and oxygen atoms in total. The van der Waals surface area contributed by atoms with Crippen molar-refractivity contribution in [1.29, 1.82) is 0 Å². The summed E-state index contributed by atoms with van der Waals surface area (Å²) < 4.78 is 32.9. The van der Waals surface area contributed by atoms with Crippen LogP contribution >= 0.6 is 0 Å². The zero-order valence-corrected chi connectivity index (χ0v) is 17.5. The Hall–Kier alpha value is -3.67. The Morgan fingerprint density at radius 1 is 0.875 bits per heavy atom. The van der Waals surface area contributed by atoms with Crippen molar-refractivity contribution in [3.8, 4) is 5.75 Å². The zero-order valence-electron chi connectivity index (χ0n) is 17.5. The van der Waals surface area contributed by atoms with E-state index in [-0.39, 0.29) is 11.7 Å². The summed E-state index contributed by atoms with van der Waals surface area (Å²) in [6.45, 7) is 0. The van der Waals surface area contributed by atoms with Crippen LogP contribution < -0.4 is 15.4 Å². The van der Waals surface area contributed by atoms with Crippen molar-refractivity contribution in [2.24, 2.45) is 0 Å². The van der Waals surface area contributed by atoms with Crippen molar-refractivity contribution in [2.75, 3.05) is 17.7 Å². The molecule has 3 aromatic rings. The zero-order chi connectivity index (χ0) is 22.2. The number of anilines is 2. The van der Waals surface area contributed by atoms with Crippen LogP contribution in [0.25, 0.3) is 0 Å². The molecule has 0 saturated carbocycles. The summed E-state index contributed by atoms with van der Waals surface area (Å²) >= 11 is 0. The highest BCUT2D eigenvalue weighted by atomic mass is 19.2. The van der Waals surface area contributed by atoms with E-state index >= 15 is 0 Å². The van der Waals surface area contributed by atoms with E-state index in [1.165, 1.54) is 6.07 Å². The Balaban J connectivity index is 1.59. The number of carbonyl (C=O) groups is 1. The lowest BCUT2D eigenvalue weighted by Gasteiger charge is -2.30. The summed E-state index contributed by atoms with van der Waals surface area (Å²) in [4.78, 5) is 13.4. The molecular weight excluding hydrogens is 410 g/mol. The molecule has 0 saturated heterocycles. The summed E-state index contributed by atoms with van der Waals surface area (Å²) in [5, 5.41) is 6.82. The second-order valence-corrected chi connectivity index (χ2v) is 8.12. The maximum absolute atomic E-state index is 14.1. The van der Waals surface area contributed by atoms with Crippen molar-refractivity contribution in [3.05, 3.63) is 101 Å². The van der Waals surface area contributed by atoms with E-state index in [2.05, 4.69) is 10.6 Å². The molecule has 0 unspecified atom stereocenters. The van der Waals surface area contributed by atoms with Gasteiger partial charge in [0.05, 0.1) is 24.5 Å². The fraction of sp³-hybridized carbons (Fsp3) is 0.192. The van der Waals surface area contributed by atoms with Gasteiger partial charge in [0, 0.05) is 17.7 Å². The van der Waals surface area contributed by atoms with E-state index in [1.54, 1.807) is 7.11 Å². The van der Waals surface area contributed by atoms with Crippen molar-refractivity contribution < 1.29 is 18.3 Å². The van der Waals surface area contributed by atoms with Crippen LogP contribution in [0, 0.1) is 11.6 Å². The highest BCUT2D eigenvalue weighted by Gasteiger charge is 2.36. The normalized spacial score (nSPS) is 19.9. The van der Waals surface area contributed by atoms with Gasteiger partial charge in [-0.05, 0) is 59.9 Å². The SMILES string of the molecule is COc1ccc([C@@H]2CC(=O)C3=C(C2)Nc2ccccc2N[C@@H]3c2ccc(F)c(F)c2)cc1. The molecule has 0 amide bonds. The Morgan fingerprint density at radius 3 is 2.31 bits per heavy atom. The number of ketones is 1. The fourth-order valence-corrected chi connectivity index (χ4v) is 4.55. The number of allylic oxidation sites excluding steroid dienone is 1. The van der Waals surface area contributed by atoms with Crippen LogP contribution in [-0.2, 0) is 4.79 Å². The minimum absolute atomic E-state index is 0.00974. The molecule has 1 aliphatic carbocycles. The first-order valence-electron chi connectivity index (χ1n) is 10.5. The number of rotatable bonds is 3. The molecule has 2 N–H and O–H groups in total. The summed E-state index contributed by atoms with van der Waals surface area (Å²) in [5.41, 5.74) is 4.57. The molecule has 162 valence electrons. The second-order valence-electron chi connectivity index (χ2n) is 8.12. The quantitative estimate of drug-likeness (QED) is 0.537. The third-order valence-corrected chi connectivity index (χ3v) is 6.17. The van der Waals surface area contributed by atoms with Crippen LogP contribution in [0.4, 0.5) is 20.2 Å². The van der Waals surface area contributed by atoms with Gasteiger partial charge in [0.25, 0.3) is 0 Å². The molecule has 0 spiro atoms. The predicted molar refractivity (Wildman–Crippen MR) is 120 cm³/mol. The van der Waals surface area contributed by atoms with E-state index in [9.17, 15) is 13.6 Å². The Bertz CT molecular complexity index is 1220. The molecule has 0 radical (unpaired) electrons. The first-order valence-corrected chi connectivity index (χ1v) is 10.5. The van der Waals surface area contributed by atoms with Crippen LogP contribution in [0.3, 0.4) is 0 Å². The van der Waals surface area contributed by atoms with Gasteiger partial charge in [-0.2, -0.15) is 0 Å². The van der Waals surface area contributed by atoms with E-state index < -0.39 is 17.7 Å². The molecule has 2 atom stereocenters. The second kappa shape index (κ2) is 8.11. The average Bonchev–Trinajstić information content (AvgIpc) is 2.98. The molecule has 1 aliphatic heterocycles. The Kier molecular flexibility index (Phi) is 5.13. The molecule has 5 rings (SSSR count). The van der Waals surface area contributed by atoms with Crippen molar-refractivity contribution in [1.82, 2.24) is 0 Å². The third kappa shape index (κ3) is 3.62. The van der Waals surface area contributed by atoms with Crippen molar-refractivity contribution in [2.45, 2.75) is 24.8 Å². The van der Waals surface area contributed by atoms with Crippen LogP contribution in [0.5, 0.6) is 5.75 Å². The lowest BCUT2D eigenvalue weighted by atomic mass is 9.78. The molecule has 0 fully saturated rings. The minimum atomic E-state index is -0.934. The smallest absolute Gasteiger partial charge is 0.163 e. The van der Waals surface area contributed by atoms with Gasteiger partial charge in [-0.3, -0.25) is 4.79 Å². The van der Waals surface area contributed by atoms with Crippen molar-refractivity contribution >= 4 is 17.2 Å². The first-order chi connectivity index (χ1) is 15.5. The predicted octanol–water partition coefficient (Wildman–Crippen LogP) is 5.95. The van der Waals surface area contributed by atoms with E-state index in [4.69, 9.17) is 4.74 Å². The van der Waals surface area contributed by atoms with Gasteiger partial charge < -0.3 is 15.4 Å². The monoisotopic (exact) mass is 432 g/mol. The molecule has 2 aliphatic rings. The molecule has 32 heavy (non-hydrogen) atoms. The highest BCUT2D eigenvalue weighted by molar-refractivity contribution is 6.01. The first kappa shape index (κ1) is 20.2. The van der Waals surface area contributed by atoms with Crippen molar-refractivity contribution in [3.63, 3.8) is 0 Å². The van der Waals surface area contributed by atoms with Gasteiger partial charge in [0.1, 0.15) is 5.75 Å². The number of para-hydroxylation sites is 2. The maximum atomic E-state index is 14.1.